The van der Waals surface area contributed by atoms with Gasteiger partial charge in [0.15, 0.2) is 0 Å². The van der Waals surface area contributed by atoms with Crippen LogP contribution in [0.4, 0.5) is 0 Å². The first kappa shape index (κ1) is 12.8. The van der Waals surface area contributed by atoms with Gasteiger partial charge in [0.1, 0.15) is 18.2 Å². The van der Waals surface area contributed by atoms with Crippen LogP contribution in [-0.2, 0) is 9.53 Å². The van der Waals surface area contributed by atoms with Crippen LogP contribution in [0.25, 0.3) is 0 Å². The molecule has 2 bridgehead atoms. The first-order chi connectivity index (χ1) is 7.97. The van der Waals surface area contributed by atoms with Gasteiger partial charge < -0.3 is 14.7 Å². The van der Waals surface area contributed by atoms with Crippen LogP contribution in [0.2, 0.25) is 0 Å². The fourth-order valence-electron chi connectivity index (χ4n) is 3.23. The Hall–Kier alpha value is -0.610. The van der Waals surface area contributed by atoms with Gasteiger partial charge in [-0.05, 0) is 5.92 Å². The van der Waals surface area contributed by atoms with Gasteiger partial charge in [0, 0.05) is 25.7 Å². The first-order valence-corrected chi connectivity index (χ1v) is 6.68. The molecule has 0 aromatic carbocycles. The number of hydrogen-bond acceptors (Lipinski definition) is 3. The third-order valence-electron chi connectivity index (χ3n) is 4.16. The van der Waals surface area contributed by atoms with Crippen molar-refractivity contribution < 1.29 is 19.5 Å². The molecule has 5 atom stereocenters. The number of piperidine rings is 1. The van der Waals surface area contributed by atoms with E-state index in [4.69, 9.17) is 4.74 Å². The summed E-state index contributed by atoms with van der Waals surface area (Å²) in [5.41, 5.74) is 0. The van der Waals surface area contributed by atoms with Crippen molar-refractivity contribution in [2.45, 2.75) is 63.8 Å². The van der Waals surface area contributed by atoms with E-state index in [-0.39, 0.29) is 24.2 Å². The molecule has 2 aliphatic rings. The number of ether oxygens (including phenoxy) is 1. The van der Waals surface area contributed by atoms with Crippen molar-refractivity contribution in [2.24, 2.45) is 5.92 Å². The highest BCUT2D eigenvalue weighted by molar-refractivity contribution is 5.69. The largest absolute Gasteiger partial charge is 0.462 e. The molecule has 2 rings (SSSR count). The van der Waals surface area contributed by atoms with E-state index in [0.29, 0.717) is 18.4 Å². The molecule has 4 heteroatoms. The van der Waals surface area contributed by atoms with Crippen LogP contribution in [0.3, 0.4) is 0 Å². The van der Waals surface area contributed by atoms with Crippen molar-refractivity contribution in [3.8, 4) is 0 Å². The molecule has 4 nitrogen and oxygen atoms in total. The van der Waals surface area contributed by atoms with Crippen LogP contribution in [-0.4, -0.2) is 42.4 Å². The molecule has 2 saturated heterocycles. The molecule has 2 heterocycles. The molecule has 1 unspecified atom stereocenters. The summed E-state index contributed by atoms with van der Waals surface area (Å²) in [5, 5.41) is 9.91. The number of carbonyl (C=O) groups excluding carboxylic acids is 1. The van der Waals surface area contributed by atoms with E-state index in [1.807, 2.05) is 13.8 Å². The van der Waals surface area contributed by atoms with E-state index in [1.54, 1.807) is 0 Å². The van der Waals surface area contributed by atoms with Gasteiger partial charge in [-0.15, -0.1) is 0 Å². The second kappa shape index (κ2) is 4.94. The van der Waals surface area contributed by atoms with Crippen LogP contribution in [0, 0.1) is 5.92 Å². The van der Waals surface area contributed by atoms with E-state index >= 15 is 0 Å². The molecule has 17 heavy (non-hydrogen) atoms. The number of aliphatic hydroxyl groups excluding tert-OH is 1. The Morgan fingerprint density at radius 2 is 2.12 bits per heavy atom. The zero-order valence-corrected chi connectivity index (χ0v) is 11.0. The van der Waals surface area contributed by atoms with Gasteiger partial charge in [-0.3, -0.25) is 4.79 Å². The lowest BCUT2D eigenvalue weighted by molar-refractivity contribution is -0.924. The average Bonchev–Trinajstić information content (AvgIpc) is 2.39. The predicted molar refractivity (Wildman–Crippen MR) is 63.7 cm³/mol. The second-order valence-electron chi connectivity index (χ2n) is 6.03. The van der Waals surface area contributed by atoms with Crippen molar-refractivity contribution in [1.29, 1.82) is 0 Å². The number of quaternary nitrogens is 1. The van der Waals surface area contributed by atoms with Crippen molar-refractivity contribution in [2.75, 3.05) is 7.05 Å². The van der Waals surface area contributed by atoms with Crippen LogP contribution in [0.1, 0.15) is 39.5 Å². The second-order valence-corrected chi connectivity index (χ2v) is 6.03. The summed E-state index contributed by atoms with van der Waals surface area (Å²) < 4.78 is 5.52. The van der Waals surface area contributed by atoms with Crippen molar-refractivity contribution >= 4 is 5.97 Å². The maximum atomic E-state index is 11.6. The van der Waals surface area contributed by atoms with Gasteiger partial charge in [0.2, 0.25) is 0 Å². The molecule has 98 valence electrons. The topological polar surface area (TPSA) is 51.0 Å². The maximum Gasteiger partial charge on any atom is 0.306 e. The standard InChI is InChI=1S/C13H23NO3/c1-8(2)4-13(16)17-10-5-9-6-12(15)11(7-10)14(9)3/h8-12,15H,4-7H2,1-3H3/p+1/t9-,10+,11+,12-/m1/s1. The Bertz CT molecular complexity index is 292. The van der Waals surface area contributed by atoms with Gasteiger partial charge in [0.05, 0.1) is 13.1 Å². The summed E-state index contributed by atoms with van der Waals surface area (Å²) in [4.78, 5) is 13.0. The Balaban J connectivity index is 1.87. The number of nitrogens with one attached hydrogen (secondary N) is 1. The smallest absolute Gasteiger partial charge is 0.306 e. The molecular formula is C13H24NO3+. The zero-order valence-electron chi connectivity index (χ0n) is 11.0. The van der Waals surface area contributed by atoms with Crippen LogP contribution < -0.4 is 4.90 Å². The van der Waals surface area contributed by atoms with Gasteiger partial charge in [-0.2, -0.15) is 0 Å². The Morgan fingerprint density at radius 1 is 1.41 bits per heavy atom. The normalized spacial score (nSPS) is 40.6. The number of esters is 1. The third kappa shape index (κ3) is 2.80. The minimum absolute atomic E-state index is 0.0251. The summed E-state index contributed by atoms with van der Waals surface area (Å²) in [7, 11) is 2.14. The first-order valence-electron chi connectivity index (χ1n) is 6.68. The molecule has 2 aliphatic heterocycles. The van der Waals surface area contributed by atoms with Crippen LogP contribution in [0.5, 0.6) is 0 Å². The zero-order chi connectivity index (χ0) is 12.6. The SMILES string of the molecule is CC(C)CC(=O)O[C@H]1C[C@@H]2C[C@@H](O)[C@H](C1)[NH+]2C. The molecular weight excluding hydrogens is 218 g/mol. The molecule has 2 N–H and O–H groups in total. The maximum absolute atomic E-state index is 11.6. The third-order valence-corrected chi connectivity index (χ3v) is 4.16. The summed E-state index contributed by atoms with van der Waals surface area (Å²) in [6.07, 6.45) is 2.88. The highest BCUT2D eigenvalue weighted by Gasteiger charge is 2.49. The average molecular weight is 242 g/mol. The van der Waals surface area contributed by atoms with Crippen molar-refractivity contribution in [1.82, 2.24) is 0 Å². The van der Waals surface area contributed by atoms with Crippen molar-refractivity contribution in [3.05, 3.63) is 0 Å². The van der Waals surface area contributed by atoms with Gasteiger partial charge in [0.25, 0.3) is 0 Å². The van der Waals surface area contributed by atoms with Crippen LogP contribution >= 0.6 is 0 Å². The summed E-state index contributed by atoms with van der Waals surface area (Å²) >= 11 is 0. The minimum Gasteiger partial charge on any atom is -0.462 e. The minimum atomic E-state index is -0.214. The monoisotopic (exact) mass is 242 g/mol. The summed E-state index contributed by atoms with van der Waals surface area (Å²) in [6, 6.07) is 0.714. The molecule has 0 aliphatic carbocycles. The molecule has 0 radical (unpaired) electrons. The fourth-order valence-corrected chi connectivity index (χ4v) is 3.23. The molecule has 0 saturated carbocycles. The summed E-state index contributed by atoms with van der Waals surface area (Å²) in [6.45, 7) is 4.04. The van der Waals surface area contributed by atoms with E-state index < -0.39 is 0 Å². The molecule has 0 spiro atoms. The van der Waals surface area contributed by atoms with Gasteiger partial charge in [-0.1, -0.05) is 13.8 Å². The Kier molecular flexibility index (Phi) is 3.73. The number of rotatable bonds is 3. The Labute approximate surface area is 103 Å². The number of hydrogen-bond donors (Lipinski definition) is 2. The lowest BCUT2D eigenvalue weighted by Gasteiger charge is -2.33. The molecule has 0 aromatic heterocycles. The van der Waals surface area contributed by atoms with Gasteiger partial charge >= 0.3 is 5.97 Å². The van der Waals surface area contributed by atoms with E-state index in [0.717, 1.165) is 19.3 Å². The Morgan fingerprint density at radius 3 is 2.71 bits per heavy atom. The van der Waals surface area contributed by atoms with E-state index in [1.165, 1.54) is 4.90 Å². The van der Waals surface area contributed by atoms with Crippen LogP contribution in [0.15, 0.2) is 0 Å². The highest BCUT2D eigenvalue weighted by atomic mass is 16.5. The predicted octanol–water partition coefficient (Wildman–Crippen LogP) is -0.245. The highest BCUT2D eigenvalue weighted by Crippen LogP contribution is 2.25. The fraction of sp³-hybridized carbons (Fsp3) is 0.923. The van der Waals surface area contributed by atoms with Crippen molar-refractivity contribution in [3.63, 3.8) is 0 Å². The number of aliphatic hydroxyl groups is 1. The molecule has 2 fully saturated rings. The lowest BCUT2D eigenvalue weighted by atomic mass is 10.00. The lowest BCUT2D eigenvalue weighted by Crippen LogP contribution is -3.16. The summed E-state index contributed by atoms with van der Waals surface area (Å²) in [5.74, 6) is 0.264. The van der Waals surface area contributed by atoms with E-state index in [2.05, 4.69) is 7.05 Å². The van der Waals surface area contributed by atoms with Gasteiger partial charge in [-0.25, -0.2) is 0 Å². The number of carbonyl (C=O) groups is 1. The molecule has 0 aromatic rings. The molecule has 0 amide bonds. The number of fused-ring (bicyclic) bond motifs is 2. The quantitative estimate of drug-likeness (QED) is 0.671. The number of likely N-dealkylation sites (N-methyl/N-ethyl adjacent to an activating group) is 1. The van der Waals surface area contributed by atoms with E-state index in [9.17, 15) is 9.90 Å².